The van der Waals surface area contributed by atoms with Crippen molar-refractivity contribution in [1.29, 1.82) is 0 Å². The summed E-state index contributed by atoms with van der Waals surface area (Å²) in [5.41, 5.74) is 0. The third-order valence-electron chi connectivity index (χ3n) is 4.18. The van der Waals surface area contributed by atoms with Gasteiger partial charge in [-0.25, -0.2) is 4.39 Å². The number of aliphatic imine (C=N–C) groups is 1. The fraction of sp³-hybridized carbons (Fsp3) is 0.579. The van der Waals surface area contributed by atoms with Crippen LogP contribution in [0, 0.1) is 5.82 Å². The van der Waals surface area contributed by atoms with Crippen LogP contribution in [0.3, 0.4) is 0 Å². The third-order valence-corrected chi connectivity index (χ3v) is 5.28. The highest BCUT2D eigenvalue weighted by Crippen LogP contribution is 2.18. The van der Waals surface area contributed by atoms with Gasteiger partial charge in [0.25, 0.3) is 0 Å². The molecule has 0 saturated carbocycles. The van der Waals surface area contributed by atoms with Crippen LogP contribution in [0.1, 0.15) is 33.1 Å². The second-order valence-electron chi connectivity index (χ2n) is 6.24. The molecule has 26 heavy (non-hydrogen) atoms. The van der Waals surface area contributed by atoms with Crippen LogP contribution < -0.4 is 10.6 Å². The van der Waals surface area contributed by atoms with Crippen LogP contribution in [0.4, 0.5) is 4.39 Å². The molecule has 1 aliphatic rings. The normalized spacial score (nSPS) is 17.4. The van der Waals surface area contributed by atoms with Gasteiger partial charge in [0, 0.05) is 43.5 Å². The molecule has 7 heteroatoms. The lowest BCUT2D eigenvalue weighted by molar-refractivity contribution is -0.129. The van der Waals surface area contributed by atoms with Crippen LogP contribution in [0.5, 0.6) is 0 Å². The Kier molecular flexibility index (Phi) is 8.74. The zero-order chi connectivity index (χ0) is 18.8. The number of nitrogens with zero attached hydrogens (tertiary/aromatic N) is 2. The summed E-state index contributed by atoms with van der Waals surface area (Å²) < 4.78 is 12.9. The van der Waals surface area contributed by atoms with E-state index in [-0.39, 0.29) is 17.8 Å². The maximum absolute atomic E-state index is 12.9. The summed E-state index contributed by atoms with van der Waals surface area (Å²) in [7, 11) is 0. The molecule has 2 rings (SSSR count). The topological polar surface area (TPSA) is 56.7 Å². The van der Waals surface area contributed by atoms with Crippen molar-refractivity contribution in [3.63, 3.8) is 0 Å². The van der Waals surface area contributed by atoms with Gasteiger partial charge >= 0.3 is 0 Å². The largest absolute Gasteiger partial charge is 0.357 e. The van der Waals surface area contributed by atoms with Crippen LogP contribution >= 0.6 is 11.8 Å². The summed E-state index contributed by atoms with van der Waals surface area (Å²) in [6.45, 7) is 7.05. The Balaban J connectivity index is 1.72. The van der Waals surface area contributed by atoms with Gasteiger partial charge in [-0.15, -0.1) is 11.8 Å². The quantitative estimate of drug-likeness (QED) is 0.315. The molecular weight excluding hydrogens is 351 g/mol. The molecule has 5 nitrogen and oxygen atoms in total. The first-order valence-electron chi connectivity index (χ1n) is 9.33. The molecule has 1 aromatic rings. The lowest BCUT2D eigenvalue weighted by Crippen LogP contribution is -2.45. The molecule has 0 aromatic heterocycles. The van der Waals surface area contributed by atoms with Crippen molar-refractivity contribution >= 4 is 23.6 Å². The molecule has 2 N–H and O–H groups in total. The van der Waals surface area contributed by atoms with E-state index in [1.165, 1.54) is 12.1 Å². The Morgan fingerprint density at radius 2 is 2.12 bits per heavy atom. The van der Waals surface area contributed by atoms with Gasteiger partial charge in [-0.05, 0) is 49.8 Å². The zero-order valence-electron chi connectivity index (χ0n) is 15.6. The third kappa shape index (κ3) is 6.86. The first-order chi connectivity index (χ1) is 12.6. The lowest BCUT2D eigenvalue weighted by Gasteiger charge is -2.18. The van der Waals surface area contributed by atoms with Crippen molar-refractivity contribution in [1.82, 2.24) is 15.5 Å². The molecule has 1 saturated heterocycles. The molecule has 1 amide bonds. The Morgan fingerprint density at radius 1 is 1.35 bits per heavy atom. The first-order valence-corrected chi connectivity index (χ1v) is 10.3. The first kappa shape index (κ1) is 20.6. The number of nitrogens with one attached hydrogen (secondary N) is 2. The zero-order valence-corrected chi connectivity index (χ0v) is 16.4. The molecular formula is C19H29FN4OS. The minimum atomic E-state index is -0.202. The van der Waals surface area contributed by atoms with E-state index in [0.29, 0.717) is 6.42 Å². The minimum absolute atomic E-state index is 0.202. The fourth-order valence-electron chi connectivity index (χ4n) is 2.82. The van der Waals surface area contributed by atoms with Crippen LogP contribution in [-0.4, -0.2) is 54.7 Å². The number of likely N-dealkylation sites (tertiary alicyclic amines) is 1. The number of hydrogen-bond acceptors (Lipinski definition) is 3. The Bertz CT molecular complexity index is 594. The van der Waals surface area contributed by atoms with Crippen molar-refractivity contribution in [2.45, 2.75) is 44.0 Å². The van der Waals surface area contributed by atoms with E-state index < -0.39 is 0 Å². The van der Waals surface area contributed by atoms with Gasteiger partial charge in [0.15, 0.2) is 5.96 Å². The molecule has 0 aliphatic carbocycles. The van der Waals surface area contributed by atoms with E-state index in [2.05, 4.69) is 15.6 Å². The summed E-state index contributed by atoms with van der Waals surface area (Å²) in [6, 6.07) is 6.84. The number of carbonyl (C=O) groups is 1. The van der Waals surface area contributed by atoms with Gasteiger partial charge in [-0.3, -0.25) is 9.79 Å². The van der Waals surface area contributed by atoms with Gasteiger partial charge in [-0.2, -0.15) is 0 Å². The molecule has 0 bridgehead atoms. The molecule has 0 radical (unpaired) electrons. The fourth-order valence-corrected chi connectivity index (χ4v) is 3.66. The van der Waals surface area contributed by atoms with Gasteiger partial charge in [-0.1, -0.05) is 6.92 Å². The number of thioether (sulfide) groups is 1. The Morgan fingerprint density at radius 3 is 2.81 bits per heavy atom. The maximum Gasteiger partial charge on any atom is 0.222 e. The summed E-state index contributed by atoms with van der Waals surface area (Å²) >= 11 is 1.71. The van der Waals surface area contributed by atoms with E-state index >= 15 is 0 Å². The van der Waals surface area contributed by atoms with E-state index in [0.717, 1.165) is 55.6 Å². The van der Waals surface area contributed by atoms with Crippen LogP contribution in [0.2, 0.25) is 0 Å². The number of halogens is 1. The van der Waals surface area contributed by atoms with E-state index in [1.807, 2.05) is 18.7 Å². The van der Waals surface area contributed by atoms with Gasteiger partial charge in [0.05, 0.1) is 0 Å². The van der Waals surface area contributed by atoms with E-state index in [9.17, 15) is 9.18 Å². The number of rotatable bonds is 8. The Labute approximate surface area is 159 Å². The van der Waals surface area contributed by atoms with Gasteiger partial charge in [0.2, 0.25) is 5.91 Å². The Hall–Kier alpha value is -1.76. The van der Waals surface area contributed by atoms with Crippen molar-refractivity contribution < 1.29 is 9.18 Å². The van der Waals surface area contributed by atoms with E-state index in [1.54, 1.807) is 23.9 Å². The molecule has 1 fully saturated rings. The average Bonchev–Trinajstić information content (AvgIpc) is 3.11. The SMILES string of the molecule is CCNC(=NCCCSc1ccc(F)cc1)NC1CCN(C(=O)CC)C1. The number of hydrogen-bond donors (Lipinski definition) is 2. The monoisotopic (exact) mass is 380 g/mol. The second-order valence-corrected chi connectivity index (χ2v) is 7.41. The highest BCUT2D eigenvalue weighted by molar-refractivity contribution is 7.99. The maximum atomic E-state index is 12.9. The summed E-state index contributed by atoms with van der Waals surface area (Å²) in [6.07, 6.45) is 2.47. The summed E-state index contributed by atoms with van der Waals surface area (Å²) in [5.74, 6) is 1.77. The number of carbonyl (C=O) groups excluding carboxylic acids is 1. The molecule has 1 aliphatic heterocycles. The molecule has 1 atom stereocenters. The lowest BCUT2D eigenvalue weighted by atomic mass is 10.3. The highest BCUT2D eigenvalue weighted by atomic mass is 32.2. The summed E-state index contributed by atoms with van der Waals surface area (Å²) in [4.78, 5) is 19.4. The molecule has 1 aromatic carbocycles. The van der Waals surface area contributed by atoms with Crippen molar-refractivity contribution in [2.75, 3.05) is 31.9 Å². The average molecular weight is 381 g/mol. The van der Waals surface area contributed by atoms with Crippen LogP contribution in [0.25, 0.3) is 0 Å². The predicted molar refractivity (Wildman–Crippen MR) is 106 cm³/mol. The molecule has 144 valence electrons. The van der Waals surface area contributed by atoms with Crippen LogP contribution in [-0.2, 0) is 4.79 Å². The van der Waals surface area contributed by atoms with Crippen molar-refractivity contribution in [3.05, 3.63) is 30.1 Å². The number of benzene rings is 1. The van der Waals surface area contributed by atoms with E-state index in [4.69, 9.17) is 0 Å². The highest BCUT2D eigenvalue weighted by Gasteiger charge is 2.25. The summed E-state index contributed by atoms with van der Waals surface area (Å²) in [5, 5.41) is 6.71. The molecule has 1 unspecified atom stereocenters. The number of guanidine groups is 1. The van der Waals surface area contributed by atoms with Crippen LogP contribution in [0.15, 0.2) is 34.2 Å². The van der Waals surface area contributed by atoms with Gasteiger partial charge < -0.3 is 15.5 Å². The molecule has 0 spiro atoms. The minimum Gasteiger partial charge on any atom is -0.357 e. The van der Waals surface area contributed by atoms with Gasteiger partial charge in [0.1, 0.15) is 5.82 Å². The predicted octanol–water partition coefficient (Wildman–Crippen LogP) is 2.87. The molecule has 1 heterocycles. The standard InChI is InChI=1S/C19H29FN4OS/c1-3-18(25)24-12-10-16(14-24)23-19(21-4-2)22-11-5-13-26-17-8-6-15(20)7-9-17/h6-9,16H,3-5,10-14H2,1-2H3,(H2,21,22,23). The second kappa shape index (κ2) is 11.1. The smallest absolute Gasteiger partial charge is 0.222 e. The van der Waals surface area contributed by atoms with Crippen molar-refractivity contribution in [3.8, 4) is 0 Å². The van der Waals surface area contributed by atoms with Crippen molar-refractivity contribution in [2.24, 2.45) is 4.99 Å². The number of amides is 1.